The van der Waals surface area contributed by atoms with E-state index < -0.39 is 0 Å². The molecule has 0 bridgehead atoms. The molecule has 2 aromatic carbocycles. The predicted molar refractivity (Wildman–Crippen MR) is 105 cm³/mol. The molecule has 0 atom stereocenters. The third-order valence-corrected chi connectivity index (χ3v) is 4.83. The lowest BCUT2D eigenvalue weighted by Gasteiger charge is -2.26. The molecule has 1 fully saturated rings. The van der Waals surface area contributed by atoms with Crippen LogP contribution >= 0.6 is 0 Å². The molecular formula is C22H23NO4. The van der Waals surface area contributed by atoms with E-state index in [1.807, 2.05) is 49.4 Å². The van der Waals surface area contributed by atoms with Crippen molar-refractivity contribution in [3.63, 3.8) is 0 Å². The van der Waals surface area contributed by atoms with E-state index in [0.717, 1.165) is 44.0 Å². The zero-order valence-corrected chi connectivity index (χ0v) is 15.4. The average Bonchev–Trinajstić information content (AvgIpc) is 2.71. The summed E-state index contributed by atoms with van der Waals surface area (Å²) < 4.78 is 17.4. The summed E-state index contributed by atoms with van der Waals surface area (Å²) in [5.41, 5.74) is 2.43. The number of rotatable bonds is 5. The van der Waals surface area contributed by atoms with Crippen LogP contribution in [0.4, 0.5) is 0 Å². The Kier molecular flexibility index (Phi) is 5.23. The van der Waals surface area contributed by atoms with Crippen LogP contribution in [0.15, 0.2) is 57.7 Å². The molecular weight excluding hydrogens is 342 g/mol. The standard InChI is InChI=1S/C22H23NO4/c1-16-6-8-17(9-7-16)21-22(26-15-12-23-10-13-25-14-11-23)20(24)18-4-2-3-5-19(18)27-21/h2-9H,10-15H2,1H3. The summed E-state index contributed by atoms with van der Waals surface area (Å²) in [7, 11) is 0. The number of hydrogen-bond donors (Lipinski definition) is 0. The van der Waals surface area contributed by atoms with Gasteiger partial charge in [-0.15, -0.1) is 0 Å². The number of ether oxygens (including phenoxy) is 2. The Morgan fingerprint density at radius 3 is 2.56 bits per heavy atom. The van der Waals surface area contributed by atoms with Crippen molar-refractivity contribution < 1.29 is 13.9 Å². The first-order valence-electron chi connectivity index (χ1n) is 9.28. The van der Waals surface area contributed by atoms with Crippen LogP contribution in [-0.4, -0.2) is 44.4 Å². The number of nitrogens with zero attached hydrogens (tertiary/aromatic N) is 1. The molecule has 0 spiro atoms. The summed E-state index contributed by atoms with van der Waals surface area (Å²) in [6.45, 7) is 6.48. The molecule has 1 aromatic heterocycles. The number of fused-ring (bicyclic) bond motifs is 1. The lowest BCUT2D eigenvalue weighted by atomic mass is 10.1. The maximum absolute atomic E-state index is 13.1. The topological polar surface area (TPSA) is 51.9 Å². The van der Waals surface area contributed by atoms with E-state index in [1.165, 1.54) is 0 Å². The Balaban J connectivity index is 1.67. The highest BCUT2D eigenvalue weighted by molar-refractivity contribution is 5.81. The lowest BCUT2D eigenvalue weighted by Crippen LogP contribution is -2.38. The van der Waals surface area contributed by atoms with E-state index in [9.17, 15) is 4.79 Å². The van der Waals surface area contributed by atoms with Crippen LogP contribution in [0.3, 0.4) is 0 Å². The fourth-order valence-corrected chi connectivity index (χ4v) is 3.25. The molecule has 0 saturated carbocycles. The van der Waals surface area contributed by atoms with Gasteiger partial charge in [-0.2, -0.15) is 0 Å². The number of benzene rings is 2. The first kappa shape index (κ1) is 17.8. The van der Waals surface area contributed by atoms with Crippen LogP contribution in [0.5, 0.6) is 5.75 Å². The minimum absolute atomic E-state index is 0.130. The van der Waals surface area contributed by atoms with E-state index in [-0.39, 0.29) is 11.2 Å². The van der Waals surface area contributed by atoms with Crippen LogP contribution in [0.1, 0.15) is 5.56 Å². The van der Waals surface area contributed by atoms with E-state index in [0.29, 0.717) is 23.3 Å². The van der Waals surface area contributed by atoms with Crippen molar-refractivity contribution in [3.05, 3.63) is 64.3 Å². The van der Waals surface area contributed by atoms with Crippen molar-refractivity contribution in [2.24, 2.45) is 0 Å². The molecule has 0 N–H and O–H groups in total. The van der Waals surface area contributed by atoms with Crippen molar-refractivity contribution in [2.75, 3.05) is 39.5 Å². The van der Waals surface area contributed by atoms with Crippen molar-refractivity contribution in [3.8, 4) is 17.1 Å². The zero-order chi connectivity index (χ0) is 18.6. The summed E-state index contributed by atoms with van der Waals surface area (Å²) in [6.07, 6.45) is 0. The second-order valence-electron chi connectivity index (χ2n) is 6.75. The number of morpholine rings is 1. The summed E-state index contributed by atoms with van der Waals surface area (Å²) in [5.74, 6) is 0.770. The van der Waals surface area contributed by atoms with Gasteiger partial charge in [-0.3, -0.25) is 9.69 Å². The molecule has 1 aliphatic heterocycles. The monoisotopic (exact) mass is 365 g/mol. The van der Waals surface area contributed by atoms with Gasteiger partial charge in [0.15, 0.2) is 5.76 Å². The predicted octanol–water partition coefficient (Wildman–Crippen LogP) is 3.48. The molecule has 27 heavy (non-hydrogen) atoms. The average molecular weight is 365 g/mol. The number of para-hydroxylation sites is 1. The normalized spacial score (nSPS) is 15.1. The Labute approximate surface area is 158 Å². The Bertz CT molecular complexity index is 972. The molecule has 0 unspecified atom stereocenters. The first-order valence-corrected chi connectivity index (χ1v) is 9.28. The minimum Gasteiger partial charge on any atom is -0.485 e. The fraction of sp³-hybridized carbons (Fsp3) is 0.318. The highest BCUT2D eigenvalue weighted by atomic mass is 16.5. The third kappa shape index (κ3) is 3.89. The van der Waals surface area contributed by atoms with Gasteiger partial charge in [0.05, 0.1) is 18.6 Å². The van der Waals surface area contributed by atoms with Crippen molar-refractivity contribution >= 4 is 11.0 Å². The van der Waals surface area contributed by atoms with Crippen LogP contribution in [0.2, 0.25) is 0 Å². The van der Waals surface area contributed by atoms with E-state index in [1.54, 1.807) is 6.07 Å². The van der Waals surface area contributed by atoms with Gasteiger partial charge in [0.25, 0.3) is 0 Å². The molecule has 3 aromatic rings. The van der Waals surface area contributed by atoms with Gasteiger partial charge in [-0.1, -0.05) is 42.0 Å². The maximum atomic E-state index is 13.1. The molecule has 5 nitrogen and oxygen atoms in total. The summed E-state index contributed by atoms with van der Waals surface area (Å²) >= 11 is 0. The van der Waals surface area contributed by atoms with Crippen molar-refractivity contribution in [2.45, 2.75) is 6.92 Å². The molecule has 1 saturated heterocycles. The van der Waals surface area contributed by atoms with Crippen molar-refractivity contribution in [1.82, 2.24) is 4.90 Å². The van der Waals surface area contributed by atoms with Crippen LogP contribution in [-0.2, 0) is 4.74 Å². The van der Waals surface area contributed by atoms with Crippen molar-refractivity contribution in [1.29, 1.82) is 0 Å². The summed E-state index contributed by atoms with van der Waals surface area (Å²) in [5, 5.41) is 0.537. The van der Waals surface area contributed by atoms with E-state index >= 15 is 0 Å². The number of aryl methyl sites for hydroxylation is 1. The van der Waals surface area contributed by atoms with E-state index in [2.05, 4.69) is 4.90 Å². The third-order valence-electron chi connectivity index (χ3n) is 4.83. The Hall–Kier alpha value is -2.63. The molecule has 140 valence electrons. The summed E-state index contributed by atoms with van der Waals surface area (Å²) in [4.78, 5) is 15.3. The van der Waals surface area contributed by atoms with Gasteiger partial charge in [0.1, 0.15) is 12.2 Å². The number of hydrogen-bond acceptors (Lipinski definition) is 5. The van der Waals surface area contributed by atoms with Gasteiger partial charge in [0, 0.05) is 25.2 Å². The van der Waals surface area contributed by atoms with Crippen LogP contribution in [0, 0.1) is 6.92 Å². The molecule has 2 heterocycles. The zero-order valence-electron chi connectivity index (χ0n) is 15.4. The van der Waals surface area contributed by atoms with Gasteiger partial charge in [0.2, 0.25) is 11.2 Å². The Morgan fingerprint density at radius 1 is 1.04 bits per heavy atom. The largest absolute Gasteiger partial charge is 0.485 e. The highest BCUT2D eigenvalue weighted by Gasteiger charge is 2.18. The highest BCUT2D eigenvalue weighted by Crippen LogP contribution is 2.31. The molecule has 0 radical (unpaired) electrons. The Morgan fingerprint density at radius 2 is 1.78 bits per heavy atom. The summed E-state index contributed by atoms with van der Waals surface area (Å²) in [6, 6.07) is 15.2. The minimum atomic E-state index is -0.130. The molecule has 1 aliphatic rings. The van der Waals surface area contributed by atoms with Gasteiger partial charge >= 0.3 is 0 Å². The molecule has 5 heteroatoms. The lowest BCUT2D eigenvalue weighted by molar-refractivity contribution is 0.0321. The van der Waals surface area contributed by atoms with E-state index in [4.69, 9.17) is 13.9 Å². The smallest absolute Gasteiger partial charge is 0.235 e. The van der Waals surface area contributed by atoms with Gasteiger partial charge in [-0.05, 0) is 19.1 Å². The fourth-order valence-electron chi connectivity index (χ4n) is 3.25. The first-order chi connectivity index (χ1) is 13.2. The molecule has 0 aliphatic carbocycles. The second-order valence-corrected chi connectivity index (χ2v) is 6.75. The molecule has 4 rings (SSSR count). The second kappa shape index (κ2) is 7.94. The maximum Gasteiger partial charge on any atom is 0.235 e. The van der Waals surface area contributed by atoms with Crippen LogP contribution in [0.25, 0.3) is 22.3 Å². The molecule has 0 amide bonds. The van der Waals surface area contributed by atoms with Gasteiger partial charge < -0.3 is 13.9 Å². The SMILES string of the molecule is Cc1ccc(-c2oc3ccccc3c(=O)c2OCCN2CCOCC2)cc1. The quantitative estimate of drug-likeness (QED) is 0.693. The van der Waals surface area contributed by atoms with Gasteiger partial charge in [-0.25, -0.2) is 0 Å². The van der Waals surface area contributed by atoms with Crippen LogP contribution < -0.4 is 10.2 Å².